The van der Waals surface area contributed by atoms with Gasteiger partial charge in [0.2, 0.25) is 0 Å². The fraction of sp³-hybridized carbons (Fsp3) is 0.800. The standard InChI is InChI=1S/C15H25NO2/c1-11(2)14(17)18-12(3)13-7-10-16-15(13)8-5-4-6-9-15/h12-13,16H,1,4-10H2,2-3H3. The molecule has 1 heterocycles. The molecular formula is C15H25NO2. The van der Waals surface area contributed by atoms with Crippen molar-refractivity contribution >= 4 is 5.97 Å². The minimum Gasteiger partial charge on any atom is -0.459 e. The Bertz CT molecular complexity index is 331. The maximum absolute atomic E-state index is 11.6. The van der Waals surface area contributed by atoms with Crippen molar-refractivity contribution in [3.05, 3.63) is 12.2 Å². The molecule has 2 fully saturated rings. The third-order valence-corrected chi connectivity index (χ3v) is 4.60. The van der Waals surface area contributed by atoms with Gasteiger partial charge in [-0.05, 0) is 39.7 Å². The van der Waals surface area contributed by atoms with Gasteiger partial charge in [0.05, 0.1) is 0 Å². The van der Waals surface area contributed by atoms with E-state index < -0.39 is 0 Å². The molecule has 0 aromatic carbocycles. The van der Waals surface area contributed by atoms with Gasteiger partial charge in [0.15, 0.2) is 0 Å². The molecule has 2 rings (SSSR count). The summed E-state index contributed by atoms with van der Waals surface area (Å²) in [5.74, 6) is 0.210. The zero-order chi connectivity index (χ0) is 13.2. The van der Waals surface area contributed by atoms with E-state index in [0.29, 0.717) is 11.5 Å². The molecule has 1 saturated carbocycles. The Morgan fingerprint density at radius 1 is 1.39 bits per heavy atom. The van der Waals surface area contributed by atoms with E-state index in [0.717, 1.165) is 13.0 Å². The van der Waals surface area contributed by atoms with Crippen molar-refractivity contribution in [3.8, 4) is 0 Å². The van der Waals surface area contributed by atoms with Crippen LogP contribution in [-0.4, -0.2) is 24.2 Å². The molecule has 3 nitrogen and oxygen atoms in total. The fourth-order valence-electron chi connectivity index (χ4n) is 3.65. The van der Waals surface area contributed by atoms with Crippen LogP contribution in [-0.2, 0) is 9.53 Å². The van der Waals surface area contributed by atoms with Crippen molar-refractivity contribution in [1.82, 2.24) is 5.32 Å². The highest BCUT2D eigenvalue weighted by atomic mass is 16.5. The minimum absolute atomic E-state index is 0.0118. The molecule has 2 unspecified atom stereocenters. The molecule has 3 heteroatoms. The van der Waals surface area contributed by atoms with Gasteiger partial charge < -0.3 is 10.1 Å². The average Bonchev–Trinajstić information content (AvgIpc) is 2.73. The minimum atomic E-state index is -0.250. The summed E-state index contributed by atoms with van der Waals surface area (Å²) in [5.41, 5.74) is 0.720. The summed E-state index contributed by atoms with van der Waals surface area (Å²) in [6, 6.07) is 0. The monoisotopic (exact) mass is 251 g/mol. The smallest absolute Gasteiger partial charge is 0.333 e. The van der Waals surface area contributed by atoms with E-state index >= 15 is 0 Å². The van der Waals surface area contributed by atoms with Crippen LogP contribution in [0.5, 0.6) is 0 Å². The second-order valence-corrected chi connectivity index (χ2v) is 5.93. The predicted octanol–water partition coefficient (Wildman–Crippen LogP) is 2.81. The Labute approximate surface area is 110 Å². The zero-order valence-electron chi connectivity index (χ0n) is 11.6. The van der Waals surface area contributed by atoms with Crippen LogP contribution in [0.2, 0.25) is 0 Å². The van der Waals surface area contributed by atoms with Gasteiger partial charge in [-0.2, -0.15) is 0 Å². The van der Waals surface area contributed by atoms with E-state index in [1.54, 1.807) is 6.92 Å². The number of esters is 1. The van der Waals surface area contributed by atoms with E-state index in [2.05, 4.69) is 11.9 Å². The van der Waals surface area contributed by atoms with Gasteiger partial charge in [-0.1, -0.05) is 25.8 Å². The van der Waals surface area contributed by atoms with Crippen molar-refractivity contribution in [1.29, 1.82) is 0 Å². The lowest BCUT2D eigenvalue weighted by molar-refractivity contribution is -0.147. The van der Waals surface area contributed by atoms with Crippen molar-refractivity contribution in [2.75, 3.05) is 6.54 Å². The highest BCUT2D eigenvalue weighted by Gasteiger charge is 2.46. The number of carbonyl (C=O) groups excluding carboxylic acids is 1. The molecule has 0 bridgehead atoms. The van der Waals surface area contributed by atoms with Crippen LogP contribution in [0.3, 0.4) is 0 Å². The van der Waals surface area contributed by atoms with Crippen LogP contribution in [0.25, 0.3) is 0 Å². The Balaban J connectivity index is 2.02. The van der Waals surface area contributed by atoms with Crippen molar-refractivity contribution in [2.45, 2.75) is 64.0 Å². The summed E-state index contributed by atoms with van der Waals surface area (Å²) in [6.07, 6.45) is 7.50. The van der Waals surface area contributed by atoms with Crippen LogP contribution in [0.15, 0.2) is 12.2 Å². The molecule has 1 saturated heterocycles. The molecule has 18 heavy (non-hydrogen) atoms. The SMILES string of the molecule is C=C(C)C(=O)OC(C)C1CCNC12CCCCC2. The van der Waals surface area contributed by atoms with Crippen LogP contribution >= 0.6 is 0 Å². The molecule has 2 aliphatic rings. The largest absolute Gasteiger partial charge is 0.459 e. The van der Waals surface area contributed by atoms with E-state index in [1.807, 2.05) is 6.92 Å². The highest BCUT2D eigenvalue weighted by molar-refractivity contribution is 5.87. The summed E-state index contributed by atoms with van der Waals surface area (Å²) >= 11 is 0. The van der Waals surface area contributed by atoms with Crippen LogP contribution in [0.1, 0.15) is 52.4 Å². The number of rotatable bonds is 3. The molecule has 1 spiro atoms. The third-order valence-electron chi connectivity index (χ3n) is 4.60. The summed E-state index contributed by atoms with van der Waals surface area (Å²) in [4.78, 5) is 11.6. The van der Waals surface area contributed by atoms with Crippen LogP contribution in [0, 0.1) is 5.92 Å². The van der Waals surface area contributed by atoms with Gasteiger partial charge in [0, 0.05) is 17.0 Å². The number of hydrogen-bond acceptors (Lipinski definition) is 3. The Hall–Kier alpha value is -0.830. The quantitative estimate of drug-likeness (QED) is 0.619. The second-order valence-electron chi connectivity index (χ2n) is 5.93. The van der Waals surface area contributed by atoms with Crippen LogP contribution < -0.4 is 5.32 Å². The van der Waals surface area contributed by atoms with Crippen LogP contribution in [0.4, 0.5) is 0 Å². The molecule has 0 aromatic rings. The van der Waals surface area contributed by atoms with E-state index in [-0.39, 0.29) is 17.6 Å². The van der Waals surface area contributed by atoms with E-state index in [1.165, 1.54) is 32.1 Å². The van der Waals surface area contributed by atoms with Gasteiger partial charge >= 0.3 is 5.97 Å². The normalized spacial score (nSPS) is 28.0. The predicted molar refractivity (Wildman–Crippen MR) is 72.3 cm³/mol. The van der Waals surface area contributed by atoms with Crippen molar-refractivity contribution in [2.24, 2.45) is 5.92 Å². The first-order valence-corrected chi connectivity index (χ1v) is 7.17. The number of hydrogen-bond donors (Lipinski definition) is 1. The lowest BCUT2D eigenvalue weighted by Crippen LogP contribution is -2.50. The molecular weight excluding hydrogens is 226 g/mol. The molecule has 0 radical (unpaired) electrons. The lowest BCUT2D eigenvalue weighted by atomic mass is 9.72. The Morgan fingerprint density at radius 2 is 2.06 bits per heavy atom. The van der Waals surface area contributed by atoms with Gasteiger partial charge in [0.25, 0.3) is 0 Å². The Kier molecular flexibility index (Phi) is 4.10. The lowest BCUT2D eigenvalue weighted by Gasteiger charge is -2.41. The second kappa shape index (κ2) is 5.43. The molecule has 1 aliphatic heterocycles. The first-order valence-electron chi connectivity index (χ1n) is 7.17. The highest BCUT2D eigenvalue weighted by Crippen LogP contribution is 2.41. The first kappa shape index (κ1) is 13.6. The maximum Gasteiger partial charge on any atom is 0.333 e. The fourth-order valence-corrected chi connectivity index (χ4v) is 3.65. The molecule has 2 atom stereocenters. The van der Waals surface area contributed by atoms with E-state index in [9.17, 15) is 4.79 Å². The average molecular weight is 251 g/mol. The number of ether oxygens (including phenoxy) is 1. The van der Waals surface area contributed by atoms with Gasteiger partial charge in [-0.3, -0.25) is 0 Å². The summed E-state index contributed by atoms with van der Waals surface area (Å²) in [7, 11) is 0. The van der Waals surface area contributed by atoms with E-state index in [4.69, 9.17) is 4.74 Å². The third kappa shape index (κ3) is 2.61. The topological polar surface area (TPSA) is 38.3 Å². The molecule has 1 aliphatic carbocycles. The van der Waals surface area contributed by atoms with Gasteiger partial charge in [-0.25, -0.2) is 4.79 Å². The maximum atomic E-state index is 11.6. The molecule has 102 valence electrons. The Morgan fingerprint density at radius 3 is 2.67 bits per heavy atom. The zero-order valence-corrected chi connectivity index (χ0v) is 11.6. The number of nitrogens with one attached hydrogen (secondary N) is 1. The molecule has 1 N–H and O–H groups in total. The van der Waals surface area contributed by atoms with Crippen molar-refractivity contribution in [3.63, 3.8) is 0 Å². The number of carbonyl (C=O) groups is 1. The van der Waals surface area contributed by atoms with Crippen molar-refractivity contribution < 1.29 is 9.53 Å². The first-order chi connectivity index (χ1) is 8.55. The molecule has 0 aromatic heterocycles. The van der Waals surface area contributed by atoms with Gasteiger partial charge in [0.1, 0.15) is 6.10 Å². The summed E-state index contributed by atoms with van der Waals surface area (Å²) in [6.45, 7) is 8.45. The molecule has 0 amide bonds. The summed E-state index contributed by atoms with van der Waals surface area (Å²) < 4.78 is 5.54. The van der Waals surface area contributed by atoms with Gasteiger partial charge in [-0.15, -0.1) is 0 Å². The summed E-state index contributed by atoms with van der Waals surface area (Å²) in [5, 5.41) is 3.69.